The molecule has 0 saturated heterocycles. The maximum Gasteiger partial charge on any atom is 0.343 e. The summed E-state index contributed by atoms with van der Waals surface area (Å²) in [7, 11) is 0. The van der Waals surface area contributed by atoms with E-state index in [1.807, 2.05) is 30.3 Å². The molecule has 0 unspecified atom stereocenters. The van der Waals surface area contributed by atoms with Gasteiger partial charge in [0.2, 0.25) is 0 Å². The number of benzene rings is 1. The average molecular weight is 238 g/mol. The molecule has 0 aliphatic rings. The molecular formula is C11H12ClN3O. The molecule has 0 radical (unpaired) electrons. The van der Waals surface area contributed by atoms with Gasteiger partial charge in [-0.3, -0.25) is 4.57 Å². The van der Waals surface area contributed by atoms with Crippen molar-refractivity contribution in [3.63, 3.8) is 0 Å². The van der Waals surface area contributed by atoms with Crippen LogP contribution in [0.15, 0.2) is 35.1 Å². The predicted octanol–water partition coefficient (Wildman–Crippen LogP) is 1.40. The highest BCUT2D eigenvalue weighted by Crippen LogP contribution is 2.05. The quantitative estimate of drug-likeness (QED) is 0.818. The summed E-state index contributed by atoms with van der Waals surface area (Å²) in [4.78, 5) is 11.4. The number of nitrogens with one attached hydrogen (secondary N) is 1. The van der Waals surface area contributed by atoms with Crippen LogP contribution in [-0.2, 0) is 13.0 Å². The Bertz CT molecular complexity index is 503. The van der Waals surface area contributed by atoms with Crippen LogP contribution in [0, 0.1) is 0 Å². The Kier molecular flexibility index (Phi) is 3.41. The Balaban J connectivity index is 2.25. The fraction of sp³-hybridized carbons (Fsp3) is 0.273. The number of halogens is 1. The van der Waals surface area contributed by atoms with Crippen LogP contribution >= 0.6 is 11.6 Å². The van der Waals surface area contributed by atoms with Gasteiger partial charge in [-0.1, -0.05) is 30.3 Å². The van der Waals surface area contributed by atoms with Crippen molar-refractivity contribution >= 4 is 11.6 Å². The molecule has 0 aliphatic carbocycles. The Morgan fingerprint density at radius 2 is 2.06 bits per heavy atom. The molecule has 1 aromatic carbocycles. The molecule has 0 fully saturated rings. The summed E-state index contributed by atoms with van der Waals surface area (Å²) in [6, 6.07) is 9.90. The van der Waals surface area contributed by atoms with Gasteiger partial charge in [0.15, 0.2) is 0 Å². The van der Waals surface area contributed by atoms with Gasteiger partial charge in [0.1, 0.15) is 5.82 Å². The minimum Gasteiger partial charge on any atom is -0.278 e. The molecule has 1 N–H and O–H groups in total. The molecular weight excluding hydrogens is 226 g/mol. The third-order valence-corrected chi connectivity index (χ3v) is 2.52. The van der Waals surface area contributed by atoms with E-state index >= 15 is 0 Å². The van der Waals surface area contributed by atoms with Crippen molar-refractivity contribution in [2.75, 3.05) is 5.88 Å². The van der Waals surface area contributed by atoms with Crippen molar-refractivity contribution in [2.45, 2.75) is 13.0 Å². The lowest BCUT2D eigenvalue weighted by atomic mass is 10.1. The lowest BCUT2D eigenvalue weighted by Crippen LogP contribution is -2.19. The summed E-state index contributed by atoms with van der Waals surface area (Å²) in [5.41, 5.74) is 0.920. The predicted molar refractivity (Wildman–Crippen MR) is 62.8 cm³/mol. The third kappa shape index (κ3) is 2.33. The van der Waals surface area contributed by atoms with Crippen LogP contribution in [-0.4, -0.2) is 20.6 Å². The number of hydrogen-bond donors (Lipinski definition) is 1. The maximum absolute atomic E-state index is 11.4. The molecule has 5 heteroatoms. The highest BCUT2D eigenvalue weighted by atomic mass is 35.5. The zero-order chi connectivity index (χ0) is 11.4. The van der Waals surface area contributed by atoms with E-state index in [0.29, 0.717) is 18.8 Å². The summed E-state index contributed by atoms with van der Waals surface area (Å²) >= 11 is 5.64. The molecule has 1 heterocycles. The number of rotatable bonds is 4. The van der Waals surface area contributed by atoms with E-state index in [1.165, 1.54) is 0 Å². The summed E-state index contributed by atoms with van der Waals surface area (Å²) in [6.07, 6.45) is 0.635. The van der Waals surface area contributed by atoms with Gasteiger partial charge in [0.05, 0.1) is 0 Å². The normalized spacial score (nSPS) is 10.6. The molecule has 2 rings (SSSR count). The second-order valence-corrected chi connectivity index (χ2v) is 3.83. The van der Waals surface area contributed by atoms with Gasteiger partial charge in [0, 0.05) is 18.8 Å². The zero-order valence-electron chi connectivity index (χ0n) is 8.69. The van der Waals surface area contributed by atoms with Crippen LogP contribution in [0.25, 0.3) is 0 Å². The first-order valence-corrected chi connectivity index (χ1v) is 5.58. The van der Waals surface area contributed by atoms with E-state index < -0.39 is 0 Å². The Labute approximate surface area is 97.9 Å². The molecule has 4 nitrogen and oxygen atoms in total. The molecule has 0 spiro atoms. The fourth-order valence-electron chi connectivity index (χ4n) is 1.58. The van der Waals surface area contributed by atoms with Gasteiger partial charge in [-0.25, -0.2) is 9.89 Å². The van der Waals surface area contributed by atoms with Crippen LogP contribution in [0.4, 0.5) is 0 Å². The molecule has 0 saturated carbocycles. The summed E-state index contributed by atoms with van der Waals surface area (Å²) < 4.78 is 1.57. The van der Waals surface area contributed by atoms with E-state index in [2.05, 4.69) is 10.2 Å². The first-order chi connectivity index (χ1) is 7.81. The summed E-state index contributed by atoms with van der Waals surface area (Å²) in [5.74, 6) is 1.12. The topological polar surface area (TPSA) is 50.7 Å². The highest BCUT2D eigenvalue weighted by molar-refractivity contribution is 6.17. The fourth-order valence-corrected chi connectivity index (χ4v) is 1.75. The van der Waals surface area contributed by atoms with Crippen molar-refractivity contribution in [3.8, 4) is 0 Å². The first-order valence-electron chi connectivity index (χ1n) is 5.05. The van der Waals surface area contributed by atoms with E-state index in [0.717, 1.165) is 11.4 Å². The number of nitrogens with zero attached hydrogens (tertiary/aromatic N) is 2. The van der Waals surface area contributed by atoms with Crippen LogP contribution in [0.3, 0.4) is 0 Å². The van der Waals surface area contributed by atoms with Gasteiger partial charge in [-0.15, -0.1) is 11.6 Å². The molecule has 0 atom stereocenters. The van der Waals surface area contributed by atoms with E-state index in [4.69, 9.17) is 11.6 Å². The van der Waals surface area contributed by atoms with E-state index in [1.54, 1.807) is 4.57 Å². The van der Waals surface area contributed by atoms with Gasteiger partial charge in [0.25, 0.3) is 0 Å². The highest BCUT2D eigenvalue weighted by Gasteiger charge is 2.07. The lowest BCUT2D eigenvalue weighted by Gasteiger charge is -2.03. The van der Waals surface area contributed by atoms with Gasteiger partial charge < -0.3 is 0 Å². The molecule has 0 bridgehead atoms. The molecule has 0 amide bonds. The third-order valence-electron chi connectivity index (χ3n) is 2.35. The lowest BCUT2D eigenvalue weighted by molar-refractivity contribution is 0.694. The van der Waals surface area contributed by atoms with Crippen molar-refractivity contribution in [1.29, 1.82) is 0 Å². The second-order valence-electron chi connectivity index (χ2n) is 3.45. The van der Waals surface area contributed by atoms with Crippen LogP contribution in [0.2, 0.25) is 0 Å². The first kappa shape index (κ1) is 11.0. The Morgan fingerprint density at radius 3 is 2.75 bits per heavy atom. The molecule has 16 heavy (non-hydrogen) atoms. The smallest absolute Gasteiger partial charge is 0.278 e. The molecule has 84 valence electrons. The van der Waals surface area contributed by atoms with Crippen LogP contribution < -0.4 is 5.69 Å². The van der Waals surface area contributed by atoms with Gasteiger partial charge in [-0.05, 0) is 5.56 Å². The number of H-pyrrole nitrogens is 1. The standard InChI is InChI=1S/C11H12ClN3O/c12-6-7-15-10(13-14-11(15)16)8-9-4-2-1-3-5-9/h1-5H,6-8H2,(H,14,16). The van der Waals surface area contributed by atoms with Crippen LogP contribution in [0.1, 0.15) is 11.4 Å². The minimum absolute atomic E-state index is 0.202. The van der Waals surface area contributed by atoms with Crippen molar-refractivity contribution in [3.05, 3.63) is 52.2 Å². The Hall–Kier alpha value is -1.55. The summed E-state index contributed by atoms with van der Waals surface area (Å²) in [5, 5.41) is 6.44. The number of aromatic nitrogens is 3. The SMILES string of the molecule is O=c1[nH]nc(Cc2ccccc2)n1CCCl. The maximum atomic E-state index is 11.4. The number of aromatic amines is 1. The van der Waals surface area contributed by atoms with Gasteiger partial charge in [-0.2, -0.15) is 5.10 Å². The summed E-state index contributed by atoms with van der Waals surface area (Å²) in [6.45, 7) is 0.485. The van der Waals surface area contributed by atoms with E-state index in [9.17, 15) is 4.79 Å². The number of hydrogen-bond acceptors (Lipinski definition) is 2. The van der Waals surface area contributed by atoms with Crippen molar-refractivity contribution < 1.29 is 0 Å². The molecule has 0 aliphatic heterocycles. The monoisotopic (exact) mass is 237 g/mol. The van der Waals surface area contributed by atoms with Crippen molar-refractivity contribution in [1.82, 2.24) is 14.8 Å². The van der Waals surface area contributed by atoms with Crippen LogP contribution in [0.5, 0.6) is 0 Å². The zero-order valence-corrected chi connectivity index (χ0v) is 9.44. The Morgan fingerprint density at radius 1 is 1.31 bits per heavy atom. The second kappa shape index (κ2) is 4.99. The minimum atomic E-state index is -0.202. The van der Waals surface area contributed by atoms with E-state index in [-0.39, 0.29) is 5.69 Å². The molecule has 2 aromatic rings. The van der Waals surface area contributed by atoms with Crippen molar-refractivity contribution in [2.24, 2.45) is 0 Å². The largest absolute Gasteiger partial charge is 0.343 e. The molecule has 1 aromatic heterocycles. The van der Waals surface area contributed by atoms with Gasteiger partial charge >= 0.3 is 5.69 Å². The number of alkyl halides is 1. The average Bonchev–Trinajstić information content (AvgIpc) is 2.64.